The summed E-state index contributed by atoms with van der Waals surface area (Å²) in [6.45, 7) is 0.269. The van der Waals surface area contributed by atoms with Crippen molar-refractivity contribution in [3.63, 3.8) is 0 Å². The molecule has 0 amide bonds. The first-order chi connectivity index (χ1) is 18.3. The number of fused-ring (bicyclic) bond motifs is 5. The molecule has 0 atom stereocenters. The molecule has 0 saturated carbocycles. The minimum Gasteiger partial charge on any atom is -0.311 e. The van der Waals surface area contributed by atoms with E-state index in [-0.39, 0.29) is 6.71 Å². The zero-order chi connectivity index (χ0) is 24.2. The van der Waals surface area contributed by atoms with Gasteiger partial charge in [-0.25, -0.2) is 0 Å². The van der Waals surface area contributed by atoms with E-state index >= 15 is 0 Å². The van der Waals surface area contributed by atoms with Gasteiger partial charge >= 0.3 is 0 Å². The Kier molecular flexibility index (Phi) is 3.91. The van der Waals surface area contributed by atoms with E-state index in [0.29, 0.717) is 0 Å². The fraction of sp³-hybridized carbons (Fsp3) is 0. The first kappa shape index (κ1) is 20.3. The van der Waals surface area contributed by atoms with E-state index in [2.05, 4.69) is 143 Å². The molecule has 0 radical (unpaired) electrons. The minimum absolute atomic E-state index is 0.269. The second-order valence-electron chi connectivity index (χ2n) is 10.2. The van der Waals surface area contributed by atoms with Crippen LogP contribution >= 0.6 is 22.6 Å². The molecule has 0 saturated heterocycles. The minimum atomic E-state index is 0.269. The van der Waals surface area contributed by atoms with Crippen molar-refractivity contribution in [3.05, 3.63) is 119 Å². The smallest absolute Gasteiger partial charge is 0.248 e. The van der Waals surface area contributed by atoms with Crippen LogP contribution in [0, 0.1) is 3.57 Å². The van der Waals surface area contributed by atoms with Crippen LogP contribution < -0.4 is 21.3 Å². The predicted molar refractivity (Wildman–Crippen MR) is 168 cm³/mol. The van der Waals surface area contributed by atoms with Crippen LogP contribution in [0.5, 0.6) is 0 Å². The standard InChI is InChI=1S/C34H19BIN/c36-23-18-26-24-8-1-2-9-27(24)35-28-10-3-4-11-30(28)37(31(19-23)34(26)35)29-17-15-22-13-12-20-6-5-7-21-14-16-25(29)33(22)32(20)21/h1-19H. The highest BCUT2D eigenvalue weighted by atomic mass is 127. The van der Waals surface area contributed by atoms with Crippen molar-refractivity contribution in [1.29, 1.82) is 0 Å². The van der Waals surface area contributed by atoms with E-state index in [1.807, 2.05) is 0 Å². The molecule has 0 aliphatic carbocycles. The fourth-order valence-corrected chi connectivity index (χ4v) is 7.63. The zero-order valence-corrected chi connectivity index (χ0v) is 22.0. The molecule has 0 spiro atoms. The highest BCUT2D eigenvalue weighted by Crippen LogP contribution is 2.46. The van der Waals surface area contributed by atoms with Gasteiger partial charge in [0, 0.05) is 20.3 Å². The maximum absolute atomic E-state index is 2.53. The Morgan fingerprint density at radius 1 is 0.514 bits per heavy atom. The zero-order valence-electron chi connectivity index (χ0n) is 19.9. The first-order valence-corrected chi connectivity index (χ1v) is 13.8. The molecule has 3 heteroatoms. The van der Waals surface area contributed by atoms with Gasteiger partial charge in [-0.1, -0.05) is 96.5 Å². The van der Waals surface area contributed by atoms with Crippen molar-refractivity contribution in [3.8, 4) is 11.1 Å². The van der Waals surface area contributed by atoms with Crippen LogP contribution in [0.1, 0.15) is 0 Å². The number of rotatable bonds is 1. The van der Waals surface area contributed by atoms with Crippen LogP contribution in [0.3, 0.4) is 0 Å². The third-order valence-electron chi connectivity index (χ3n) is 8.45. The second kappa shape index (κ2) is 7.14. The summed E-state index contributed by atoms with van der Waals surface area (Å²) in [6, 6.07) is 43.1. The number of halogens is 1. The van der Waals surface area contributed by atoms with Gasteiger partial charge in [0.2, 0.25) is 6.71 Å². The molecule has 0 fully saturated rings. The van der Waals surface area contributed by atoms with Gasteiger partial charge in [-0.3, -0.25) is 0 Å². The number of hydrogen-bond acceptors (Lipinski definition) is 1. The number of benzene rings is 7. The van der Waals surface area contributed by atoms with Crippen LogP contribution in [0.25, 0.3) is 43.4 Å². The molecule has 0 aromatic heterocycles. The Labute approximate surface area is 228 Å². The van der Waals surface area contributed by atoms with Crippen LogP contribution in [-0.2, 0) is 0 Å². The molecule has 37 heavy (non-hydrogen) atoms. The molecule has 7 aromatic carbocycles. The average Bonchev–Trinajstić information content (AvgIpc) is 3.27. The van der Waals surface area contributed by atoms with Gasteiger partial charge in [0.1, 0.15) is 0 Å². The second-order valence-corrected chi connectivity index (χ2v) is 11.5. The molecule has 170 valence electrons. The molecule has 0 unspecified atom stereocenters. The largest absolute Gasteiger partial charge is 0.311 e. The van der Waals surface area contributed by atoms with E-state index in [0.717, 1.165) is 0 Å². The molecule has 2 heterocycles. The molecular formula is C34H19BIN. The SMILES string of the molecule is Ic1cc2c3c(c1)N(c1ccc4ccc5cccc6ccc1c4c56)c1ccccc1B3c1ccccc1-2. The molecule has 7 aromatic rings. The Morgan fingerprint density at radius 3 is 2.08 bits per heavy atom. The van der Waals surface area contributed by atoms with E-state index in [1.54, 1.807) is 0 Å². The van der Waals surface area contributed by atoms with Crippen molar-refractivity contribution in [2.45, 2.75) is 0 Å². The predicted octanol–water partition coefficient (Wildman–Crippen LogP) is 7.47. The van der Waals surface area contributed by atoms with Crippen molar-refractivity contribution in [1.82, 2.24) is 0 Å². The number of para-hydroxylation sites is 1. The summed E-state index contributed by atoms with van der Waals surface area (Å²) >= 11 is 2.49. The van der Waals surface area contributed by atoms with Gasteiger partial charge in [0.05, 0.1) is 5.69 Å². The van der Waals surface area contributed by atoms with Crippen LogP contribution in [-0.4, -0.2) is 6.71 Å². The Morgan fingerprint density at radius 2 is 1.22 bits per heavy atom. The summed E-state index contributed by atoms with van der Waals surface area (Å²) in [5.74, 6) is 0. The van der Waals surface area contributed by atoms with Gasteiger partial charge in [-0.2, -0.15) is 0 Å². The summed E-state index contributed by atoms with van der Waals surface area (Å²) in [6.07, 6.45) is 0. The average molecular weight is 579 g/mol. The lowest BCUT2D eigenvalue weighted by molar-refractivity contribution is 1.31. The summed E-state index contributed by atoms with van der Waals surface area (Å²) in [5, 5.41) is 7.93. The van der Waals surface area contributed by atoms with E-state index in [1.165, 1.54) is 80.5 Å². The lowest BCUT2D eigenvalue weighted by atomic mass is 9.37. The molecule has 9 rings (SSSR count). The first-order valence-electron chi connectivity index (χ1n) is 12.8. The third kappa shape index (κ3) is 2.55. The molecule has 2 aliphatic heterocycles. The molecule has 0 bridgehead atoms. The summed E-state index contributed by atoms with van der Waals surface area (Å²) < 4.78 is 1.27. The van der Waals surface area contributed by atoms with Crippen LogP contribution in [0.2, 0.25) is 0 Å². The highest BCUT2D eigenvalue weighted by molar-refractivity contribution is 14.1. The van der Waals surface area contributed by atoms with Gasteiger partial charge in [0.15, 0.2) is 0 Å². The Bertz CT molecular complexity index is 2060. The summed E-state index contributed by atoms with van der Waals surface area (Å²) in [7, 11) is 0. The van der Waals surface area contributed by atoms with Crippen LogP contribution in [0.15, 0.2) is 115 Å². The summed E-state index contributed by atoms with van der Waals surface area (Å²) in [5.41, 5.74) is 10.8. The number of anilines is 3. The van der Waals surface area contributed by atoms with E-state index in [9.17, 15) is 0 Å². The topological polar surface area (TPSA) is 3.24 Å². The van der Waals surface area contributed by atoms with Crippen molar-refractivity contribution >= 4 is 95.1 Å². The highest BCUT2D eigenvalue weighted by Gasteiger charge is 2.42. The molecule has 0 N–H and O–H groups in total. The number of nitrogens with zero attached hydrogens (tertiary/aromatic N) is 1. The molecular weight excluding hydrogens is 560 g/mol. The molecule has 1 nitrogen and oxygen atoms in total. The van der Waals surface area contributed by atoms with Crippen LogP contribution in [0.4, 0.5) is 17.1 Å². The lowest BCUT2D eigenvalue weighted by Crippen LogP contribution is -2.54. The lowest BCUT2D eigenvalue weighted by Gasteiger charge is -2.36. The maximum Gasteiger partial charge on any atom is 0.248 e. The summed E-state index contributed by atoms with van der Waals surface area (Å²) in [4.78, 5) is 2.53. The quantitative estimate of drug-likeness (QED) is 0.111. The number of hydrogen-bond donors (Lipinski definition) is 0. The van der Waals surface area contributed by atoms with Gasteiger partial charge < -0.3 is 4.90 Å². The van der Waals surface area contributed by atoms with Crippen molar-refractivity contribution < 1.29 is 0 Å². The van der Waals surface area contributed by atoms with Gasteiger partial charge in [0.25, 0.3) is 0 Å². The third-order valence-corrected chi connectivity index (χ3v) is 9.07. The van der Waals surface area contributed by atoms with Gasteiger partial charge in [-0.15, -0.1) is 0 Å². The van der Waals surface area contributed by atoms with E-state index < -0.39 is 0 Å². The Balaban J connectivity index is 1.43. The van der Waals surface area contributed by atoms with Crippen molar-refractivity contribution in [2.24, 2.45) is 0 Å². The fourth-order valence-electron chi connectivity index (χ4n) is 7.03. The van der Waals surface area contributed by atoms with E-state index in [4.69, 9.17) is 0 Å². The van der Waals surface area contributed by atoms with Crippen molar-refractivity contribution in [2.75, 3.05) is 4.90 Å². The van der Waals surface area contributed by atoms with Gasteiger partial charge in [-0.05, 0) is 95.8 Å². The monoisotopic (exact) mass is 579 g/mol. The Hall–Kier alpha value is -3.83. The normalized spacial score (nSPS) is 13.4. The maximum atomic E-state index is 2.53. The molecule has 2 aliphatic rings.